The zero-order chi connectivity index (χ0) is 13.2. The van der Waals surface area contributed by atoms with E-state index in [0.29, 0.717) is 11.7 Å². The Kier molecular flexibility index (Phi) is 3.51. The van der Waals surface area contributed by atoms with Crippen LogP contribution in [0.5, 0.6) is 0 Å². The Labute approximate surface area is 106 Å². The van der Waals surface area contributed by atoms with Crippen LogP contribution in [0.3, 0.4) is 0 Å². The standard InChI is InChI=1S/C11H19N5O2/c1-11(2,3)18-10(17)15-8(7-4-12-5-7)9-13-6-14-16-9/h6-8,12H,4-5H2,1-3H3,(H,15,17)(H,13,14,16). The van der Waals surface area contributed by atoms with Gasteiger partial charge in [-0.2, -0.15) is 5.10 Å². The van der Waals surface area contributed by atoms with Crippen molar-refractivity contribution in [2.75, 3.05) is 13.1 Å². The molecule has 0 radical (unpaired) electrons. The van der Waals surface area contributed by atoms with Gasteiger partial charge in [0.1, 0.15) is 17.8 Å². The summed E-state index contributed by atoms with van der Waals surface area (Å²) in [7, 11) is 0. The largest absolute Gasteiger partial charge is 0.444 e. The second-order valence-corrected chi connectivity index (χ2v) is 5.41. The van der Waals surface area contributed by atoms with Gasteiger partial charge < -0.3 is 15.4 Å². The topological polar surface area (TPSA) is 91.9 Å². The first-order valence-electron chi connectivity index (χ1n) is 6.01. The molecule has 1 aromatic heterocycles. The second-order valence-electron chi connectivity index (χ2n) is 5.41. The molecule has 3 N–H and O–H groups in total. The molecule has 7 heteroatoms. The monoisotopic (exact) mass is 253 g/mol. The molecule has 1 aliphatic rings. The third kappa shape index (κ3) is 3.19. The lowest BCUT2D eigenvalue weighted by molar-refractivity contribution is 0.0468. The van der Waals surface area contributed by atoms with Crippen LogP contribution in [0.25, 0.3) is 0 Å². The smallest absolute Gasteiger partial charge is 0.408 e. The number of H-pyrrole nitrogens is 1. The molecule has 0 spiro atoms. The summed E-state index contributed by atoms with van der Waals surface area (Å²) in [6.07, 6.45) is 1.00. The number of amides is 1. The van der Waals surface area contributed by atoms with E-state index in [4.69, 9.17) is 4.74 Å². The van der Waals surface area contributed by atoms with Gasteiger partial charge in [0, 0.05) is 19.0 Å². The van der Waals surface area contributed by atoms with E-state index in [-0.39, 0.29) is 6.04 Å². The van der Waals surface area contributed by atoms with Gasteiger partial charge in [-0.05, 0) is 20.8 Å². The minimum Gasteiger partial charge on any atom is -0.444 e. The van der Waals surface area contributed by atoms with Crippen LogP contribution in [0, 0.1) is 5.92 Å². The zero-order valence-corrected chi connectivity index (χ0v) is 10.9. The van der Waals surface area contributed by atoms with Crippen LogP contribution in [-0.4, -0.2) is 40.0 Å². The van der Waals surface area contributed by atoms with E-state index in [2.05, 4.69) is 25.8 Å². The van der Waals surface area contributed by atoms with Gasteiger partial charge in [0.2, 0.25) is 0 Å². The van der Waals surface area contributed by atoms with Crippen molar-refractivity contribution in [3.63, 3.8) is 0 Å². The van der Waals surface area contributed by atoms with Crippen molar-refractivity contribution in [3.8, 4) is 0 Å². The first-order chi connectivity index (χ1) is 8.46. The molecule has 0 aromatic carbocycles. The Bertz CT molecular complexity index is 394. The Morgan fingerprint density at radius 1 is 1.56 bits per heavy atom. The number of nitrogens with one attached hydrogen (secondary N) is 3. The lowest BCUT2D eigenvalue weighted by Crippen LogP contribution is -2.51. The minimum absolute atomic E-state index is 0.191. The molecule has 0 saturated carbocycles. The van der Waals surface area contributed by atoms with E-state index < -0.39 is 11.7 Å². The van der Waals surface area contributed by atoms with Crippen LogP contribution in [0.2, 0.25) is 0 Å². The number of hydrogen-bond acceptors (Lipinski definition) is 5. The van der Waals surface area contributed by atoms with Crippen LogP contribution < -0.4 is 10.6 Å². The molecule has 1 aliphatic heterocycles. The highest BCUT2D eigenvalue weighted by atomic mass is 16.6. The molecule has 1 fully saturated rings. The van der Waals surface area contributed by atoms with Crippen molar-refractivity contribution < 1.29 is 9.53 Å². The van der Waals surface area contributed by atoms with Gasteiger partial charge in [0.25, 0.3) is 0 Å². The van der Waals surface area contributed by atoms with E-state index in [0.717, 1.165) is 13.1 Å². The maximum absolute atomic E-state index is 11.8. The first-order valence-corrected chi connectivity index (χ1v) is 6.01. The van der Waals surface area contributed by atoms with Crippen LogP contribution in [-0.2, 0) is 4.74 Å². The van der Waals surface area contributed by atoms with E-state index in [1.54, 1.807) is 0 Å². The third-order valence-corrected chi connectivity index (χ3v) is 2.68. The number of aromatic amines is 1. The number of alkyl carbamates (subject to hydrolysis) is 1. The number of aromatic nitrogens is 3. The molecule has 1 saturated heterocycles. The van der Waals surface area contributed by atoms with E-state index in [1.807, 2.05) is 20.8 Å². The maximum atomic E-state index is 11.8. The van der Waals surface area contributed by atoms with Crippen molar-refractivity contribution in [3.05, 3.63) is 12.2 Å². The number of carbonyl (C=O) groups excluding carboxylic acids is 1. The fourth-order valence-electron chi connectivity index (χ4n) is 1.76. The number of ether oxygens (including phenoxy) is 1. The van der Waals surface area contributed by atoms with E-state index >= 15 is 0 Å². The SMILES string of the molecule is CC(C)(C)OC(=O)NC(c1ncn[nH]1)C1CNC1. The predicted octanol–water partition coefficient (Wildman–Crippen LogP) is 0.590. The molecular weight excluding hydrogens is 234 g/mol. The fourth-order valence-corrected chi connectivity index (χ4v) is 1.76. The molecule has 2 heterocycles. The van der Waals surface area contributed by atoms with Gasteiger partial charge in [0.15, 0.2) is 0 Å². The van der Waals surface area contributed by atoms with Crippen molar-refractivity contribution in [2.24, 2.45) is 5.92 Å². The average molecular weight is 253 g/mol. The highest BCUT2D eigenvalue weighted by Crippen LogP contribution is 2.22. The highest BCUT2D eigenvalue weighted by Gasteiger charge is 2.32. The molecule has 0 bridgehead atoms. The van der Waals surface area contributed by atoms with Gasteiger partial charge in [0.05, 0.1) is 6.04 Å². The summed E-state index contributed by atoms with van der Waals surface area (Å²) < 4.78 is 5.25. The van der Waals surface area contributed by atoms with Gasteiger partial charge >= 0.3 is 6.09 Å². The Hall–Kier alpha value is -1.63. The quantitative estimate of drug-likeness (QED) is 0.733. The Morgan fingerprint density at radius 2 is 2.28 bits per heavy atom. The normalized spacial score (nSPS) is 17.9. The number of nitrogens with zero attached hydrogens (tertiary/aromatic N) is 2. The van der Waals surface area contributed by atoms with Crippen LogP contribution in [0.15, 0.2) is 6.33 Å². The molecule has 1 atom stereocenters. The average Bonchev–Trinajstić information content (AvgIpc) is 2.62. The van der Waals surface area contributed by atoms with Crippen molar-refractivity contribution >= 4 is 6.09 Å². The van der Waals surface area contributed by atoms with Gasteiger partial charge in [-0.3, -0.25) is 5.10 Å². The number of hydrogen-bond donors (Lipinski definition) is 3. The van der Waals surface area contributed by atoms with Crippen LogP contribution in [0.1, 0.15) is 32.6 Å². The molecule has 1 aromatic rings. The van der Waals surface area contributed by atoms with E-state index in [1.165, 1.54) is 6.33 Å². The first kappa shape index (κ1) is 12.8. The number of rotatable bonds is 3. The van der Waals surface area contributed by atoms with Crippen molar-refractivity contribution in [1.29, 1.82) is 0 Å². The summed E-state index contributed by atoms with van der Waals surface area (Å²) in [5.74, 6) is 0.970. The second kappa shape index (κ2) is 4.93. The predicted molar refractivity (Wildman–Crippen MR) is 64.9 cm³/mol. The molecule has 0 aliphatic carbocycles. The summed E-state index contributed by atoms with van der Waals surface area (Å²) in [4.78, 5) is 15.9. The Morgan fingerprint density at radius 3 is 2.72 bits per heavy atom. The van der Waals surface area contributed by atoms with Gasteiger partial charge in [-0.25, -0.2) is 9.78 Å². The lowest BCUT2D eigenvalue weighted by atomic mass is 9.93. The van der Waals surface area contributed by atoms with Crippen molar-refractivity contribution in [2.45, 2.75) is 32.4 Å². The number of carbonyl (C=O) groups is 1. The molecule has 1 amide bonds. The maximum Gasteiger partial charge on any atom is 0.408 e. The molecule has 100 valence electrons. The molecule has 7 nitrogen and oxygen atoms in total. The summed E-state index contributed by atoms with van der Waals surface area (Å²) >= 11 is 0. The van der Waals surface area contributed by atoms with Crippen molar-refractivity contribution in [1.82, 2.24) is 25.8 Å². The summed E-state index contributed by atoms with van der Waals surface area (Å²) in [5.41, 5.74) is -0.506. The van der Waals surface area contributed by atoms with E-state index in [9.17, 15) is 4.79 Å². The molecular formula is C11H19N5O2. The minimum atomic E-state index is -0.506. The molecule has 2 rings (SSSR count). The zero-order valence-electron chi connectivity index (χ0n) is 10.9. The molecule has 1 unspecified atom stereocenters. The summed E-state index contributed by atoms with van der Waals surface area (Å²) in [6.45, 7) is 7.20. The van der Waals surface area contributed by atoms with Gasteiger partial charge in [-0.1, -0.05) is 0 Å². The van der Waals surface area contributed by atoms with Crippen LogP contribution >= 0.6 is 0 Å². The lowest BCUT2D eigenvalue weighted by Gasteiger charge is -2.34. The van der Waals surface area contributed by atoms with Crippen LogP contribution in [0.4, 0.5) is 4.79 Å². The molecule has 18 heavy (non-hydrogen) atoms. The third-order valence-electron chi connectivity index (χ3n) is 2.68. The fraction of sp³-hybridized carbons (Fsp3) is 0.727. The summed E-state index contributed by atoms with van der Waals surface area (Å²) in [5, 5.41) is 12.6. The highest BCUT2D eigenvalue weighted by molar-refractivity contribution is 5.68. The van der Waals surface area contributed by atoms with Gasteiger partial charge in [-0.15, -0.1) is 0 Å². The summed E-state index contributed by atoms with van der Waals surface area (Å²) in [6, 6.07) is -0.191. The Balaban J connectivity index is 2.00.